The lowest BCUT2D eigenvalue weighted by Gasteiger charge is -2.31. The van der Waals surface area contributed by atoms with Crippen LogP contribution in [0.2, 0.25) is 0 Å². The number of carbonyl (C=O) groups is 1. The van der Waals surface area contributed by atoms with Crippen LogP contribution in [-0.2, 0) is 10.4 Å². The molecule has 1 unspecified atom stereocenters. The van der Waals surface area contributed by atoms with Crippen LogP contribution in [0.3, 0.4) is 0 Å². The molecule has 1 amide bonds. The van der Waals surface area contributed by atoms with Crippen LogP contribution in [0.25, 0.3) is 0 Å². The van der Waals surface area contributed by atoms with Crippen LogP contribution in [0, 0.1) is 0 Å². The number of ether oxygens (including phenoxy) is 1. The number of anilines is 1. The SMILES string of the molecule is CC1Oc2cc(C(C)(C)O)ccc2N(C)C1=O. The topological polar surface area (TPSA) is 49.8 Å². The summed E-state index contributed by atoms with van der Waals surface area (Å²) in [6.45, 7) is 5.16. The quantitative estimate of drug-likeness (QED) is 0.805. The monoisotopic (exact) mass is 235 g/mol. The van der Waals surface area contributed by atoms with Gasteiger partial charge in [0, 0.05) is 7.05 Å². The van der Waals surface area contributed by atoms with E-state index in [1.54, 1.807) is 44.9 Å². The molecule has 4 heteroatoms. The van der Waals surface area contributed by atoms with Crippen molar-refractivity contribution in [1.29, 1.82) is 0 Å². The number of hydrogen-bond acceptors (Lipinski definition) is 3. The summed E-state index contributed by atoms with van der Waals surface area (Å²) < 4.78 is 5.55. The second kappa shape index (κ2) is 3.74. The lowest BCUT2D eigenvalue weighted by atomic mass is 9.97. The minimum absolute atomic E-state index is 0.0616. The maximum atomic E-state index is 11.7. The van der Waals surface area contributed by atoms with E-state index in [0.29, 0.717) is 5.75 Å². The van der Waals surface area contributed by atoms with E-state index >= 15 is 0 Å². The molecule has 1 atom stereocenters. The van der Waals surface area contributed by atoms with Crippen LogP contribution in [-0.4, -0.2) is 24.2 Å². The molecular weight excluding hydrogens is 218 g/mol. The first kappa shape index (κ1) is 11.9. The Labute approximate surface area is 101 Å². The molecule has 0 aliphatic carbocycles. The highest BCUT2D eigenvalue weighted by molar-refractivity contribution is 5.99. The van der Waals surface area contributed by atoms with Crippen molar-refractivity contribution in [2.45, 2.75) is 32.5 Å². The van der Waals surface area contributed by atoms with Gasteiger partial charge in [0.1, 0.15) is 5.75 Å². The summed E-state index contributed by atoms with van der Waals surface area (Å²) >= 11 is 0. The second-order valence-electron chi connectivity index (χ2n) is 4.90. The van der Waals surface area contributed by atoms with E-state index in [1.165, 1.54) is 0 Å². The van der Waals surface area contributed by atoms with Gasteiger partial charge in [-0.2, -0.15) is 0 Å². The molecule has 17 heavy (non-hydrogen) atoms. The molecule has 1 aliphatic heterocycles. The van der Waals surface area contributed by atoms with Gasteiger partial charge in [-0.3, -0.25) is 4.79 Å². The number of carbonyl (C=O) groups excluding carboxylic acids is 1. The number of hydrogen-bond donors (Lipinski definition) is 1. The first-order valence-electron chi connectivity index (χ1n) is 5.62. The van der Waals surface area contributed by atoms with E-state index in [2.05, 4.69) is 0 Å². The fraction of sp³-hybridized carbons (Fsp3) is 0.462. The predicted octanol–water partition coefficient (Wildman–Crippen LogP) is 1.66. The zero-order valence-corrected chi connectivity index (χ0v) is 10.5. The van der Waals surface area contributed by atoms with Crippen molar-refractivity contribution in [3.63, 3.8) is 0 Å². The van der Waals surface area contributed by atoms with Gasteiger partial charge < -0.3 is 14.7 Å². The normalized spacial score (nSPS) is 19.9. The highest BCUT2D eigenvalue weighted by Crippen LogP contribution is 2.36. The molecule has 1 aromatic rings. The molecule has 2 rings (SSSR count). The van der Waals surface area contributed by atoms with Gasteiger partial charge in [0.15, 0.2) is 6.10 Å². The molecule has 0 spiro atoms. The third kappa shape index (κ3) is 2.00. The van der Waals surface area contributed by atoms with E-state index in [1.807, 2.05) is 6.07 Å². The van der Waals surface area contributed by atoms with Crippen molar-refractivity contribution in [3.8, 4) is 5.75 Å². The van der Waals surface area contributed by atoms with E-state index in [-0.39, 0.29) is 5.91 Å². The second-order valence-corrected chi connectivity index (χ2v) is 4.90. The van der Waals surface area contributed by atoms with Gasteiger partial charge in [-0.15, -0.1) is 0 Å². The molecule has 1 aliphatic rings. The Hall–Kier alpha value is -1.55. The fourth-order valence-electron chi connectivity index (χ4n) is 1.90. The Bertz CT molecular complexity index is 462. The first-order valence-corrected chi connectivity index (χ1v) is 5.62. The van der Waals surface area contributed by atoms with Crippen LogP contribution in [0.1, 0.15) is 26.3 Å². The molecule has 1 N–H and O–H groups in total. The molecule has 1 aromatic carbocycles. The van der Waals surface area contributed by atoms with Crippen LogP contribution in [0.4, 0.5) is 5.69 Å². The van der Waals surface area contributed by atoms with Gasteiger partial charge >= 0.3 is 0 Å². The zero-order chi connectivity index (χ0) is 12.8. The summed E-state index contributed by atoms with van der Waals surface area (Å²) in [5, 5.41) is 9.94. The van der Waals surface area contributed by atoms with E-state index in [9.17, 15) is 9.90 Å². The Balaban J connectivity index is 2.48. The maximum absolute atomic E-state index is 11.7. The Morgan fingerprint density at radius 1 is 1.41 bits per heavy atom. The fourth-order valence-corrected chi connectivity index (χ4v) is 1.90. The van der Waals surface area contributed by atoms with E-state index in [4.69, 9.17) is 4.74 Å². The van der Waals surface area contributed by atoms with E-state index < -0.39 is 11.7 Å². The summed E-state index contributed by atoms with van der Waals surface area (Å²) in [5.74, 6) is 0.577. The molecule has 0 aromatic heterocycles. The van der Waals surface area contributed by atoms with Crippen molar-refractivity contribution < 1.29 is 14.6 Å². The molecule has 1 heterocycles. The standard InChI is InChI=1S/C13H17NO3/c1-8-12(15)14(4)10-6-5-9(13(2,3)16)7-11(10)17-8/h5-8,16H,1-4H3. The Kier molecular flexibility index (Phi) is 2.62. The molecule has 0 saturated carbocycles. The van der Waals surface area contributed by atoms with Gasteiger partial charge in [-0.25, -0.2) is 0 Å². The number of likely N-dealkylation sites (N-methyl/N-ethyl adjacent to an activating group) is 1. The molecular formula is C13H17NO3. The van der Waals surface area contributed by atoms with Crippen LogP contribution in [0.15, 0.2) is 18.2 Å². The van der Waals surface area contributed by atoms with Gasteiger partial charge in [-0.05, 0) is 38.5 Å². The highest BCUT2D eigenvalue weighted by atomic mass is 16.5. The number of aliphatic hydroxyl groups is 1. The average Bonchev–Trinajstić information content (AvgIpc) is 2.24. The average molecular weight is 235 g/mol. The molecule has 92 valence electrons. The van der Waals surface area contributed by atoms with Gasteiger partial charge in [0.05, 0.1) is 11.3 Å². The minimum atomic E-state index is -0.915. The van der Waals surface area contributed by atoms with Gasteiger partial charge in [0.25, 0.3) is 5.91 Å². The summed E-state index contributed by atoms with van der Waals surface area (Å²) in [6, 6.07) is 5.39. The lowest BCUT2D eigenvalue weighted by molar-refractivity contribution is -0.125. The number of benzene rings is 1. The summed E-state index contributed by atoms with van der Waals surface area (Å²) in [5.41, 5.74) is 0.592. The van der Waals surface area contributed by atoms with Crippen molar-refractivity contribution in [1.82, 2.24) is 0 Å². The van der Waals surface area contributed by atoms with E-state index in [0.717, 1.165) is 11.3 Å². The third-order valence-corrected chi connectivity index (χ3v) is 3.01. The summed E-state index contributed by atoms with van der Waals surface area (Å²) in [7, 11) is 1.73. The number of rotatable bonds is 1. The number of nitrogens with zero attached hydrogens (tertiary/aromatic N) is 1. The predicted molar refractivity (Wildman–Crippen MR) is 65.2 cm³/mol. The number of fused-ring (bicyclic) bond motifs is 1. The smallest absolute Gasteiger partial charge is 0.267 e. The molecule has 0 fully saturated rings. The molecule has 0 radical (unpaired) electrons. The van der Waals surface area contributed by atoms with Crippen molar-refractivity contribution in [2.24, 2.45) is 0 Å². The molecule has 4 nitrogen and oxygen atoms in total. The van der Waals surface area contributed by atoms with Crippen molar-refractivity contribution in [3.05, 3.63) is 23.8 Å². The van der Waals surface area contributed by atoms with Crippen molar-refractivity contribution >= 4 is 11.6 Å². The zero-order valence-electron chi connectivity index (χ0n) is 10.5. The van der Waals surface area contributed by atoms with Crippen LogP contribution in [0.5, 0.6) is 5.75 Å². The number of amides is 1. The summed E-state index contributed by atoms with van der Waals surface area (Å²) in [4.78, 5) is 13.3. The van der Waals surface area contributed by atoms with Gasteiger partial charge in [0.2, 0.25) is 0 Å². The maximum Gasteiger partial charge on any atom is 0.267 e. The minimum Gasteiger partial charge on any atom is -0.479 e. The Morgan fingerprint density at radius 3 is 2.65 bits per heavy atom. The Morgan fingerprint density at radius 2 is 2.06 bits per heavy atom. The highest BCUT2D eigenvalue weighted by Gasteiger charge is 2.30. The third-order valence-electron chi connectivity index (χ3n) is 3.01. The summed E-state index contributed by atoms with van der Waals surface area (Å²) in [6.07, 6.45) is -0.482. The van der Waals surface area contributed by atoms with Gasteiger partial charge in [-0.1, -0.05) is 6.07 Å². The molecule has 0 bridgehead atoms. The van der Waals surface area contributed by atoms with Crippen molar-refractivity contribution in [2.75, 3.05) is 11.9 Å². The first-order chi connectivity index (χ1) is 7.80. The largest absolute Gasteiger partial charge is 0.479 e. The van der Waals surface area contributed by atoms with Crippen LogP contribution >= 0.6 is 0 Å². The van der Waals surface area contributed by atoms with Crippen LogP contribution < -0.4 is 9.64 Å². The molecule has 0 saturated heterocycles. The lowest BCUT2D eigenvalue weighted by Crippen LogP contribution is -2.42.